The Bertz CT molecular complexity index is 978. The van der Waals surface area contributed by atoms with Crippen molar-refractivity contribution in [3.63, 3.8) is 0 Å². The van der Waals surface area contributed by atoms with Crippen LogP contribution in [-0.4, -0.2) is 49.9 Å². The van der Waals surface area contributed by atoms with Crippen molar-refractivity contribution in [2.45, 2.75) is 0 Å². The van der Waals surface area contributed by atoms with Crippen LogP contribution in [0.15, 0.2) is 29.2 Å². The van der Waals surface area contributed by atoms with E-state index in [1.165, 1.54) is 4.90 Å². The summed E-state index contributed by atoms with van der Waals surface area (Å²) in [6.07, 6.45) is 1.63. The van der Waals surface area contributed by atoms with Crippen LogP contribution in [-0.2, 0) is 22.0 Å². The minimum absolute atomic E-state index is 0.177. The van der Waals surface area contributed by atoms with Crippen molar-refractivity contribution in [3.8, 4) is 0 Å². The van der Waals surface area contributed by atoms with E-state index in [0.717, 1.165) is 22.8 Å². The maximum Gasteiger partial charge on any atom is 0.266 e. The Kier molecular flexibility index (Phi) is 4.47. The van der Waals surface area contributed by atoms with Crippen LogP contribution >= 0.6 is 24.0 Å². The predicted octanol–water partition coefficient (Wildman–Crippen LogP) is 1.66. The largest absolute Gasteiger partial charge is 0.328 e. The number of nitrogens with zero attached hydrogens (tertiary/aromatic N) is 3. The minimum Gasteiger partial charge on any atom is -0.328 e. The van der Waals surface area contributed by atoms with Gasteiger partial charge in [0.1, 0.15) is 10.1 Å². The molecule has 1 amide bonds. The van der Waals surface area contributed by atoms with E-state index < -0.39 is 15.9 Å². The number of hydrogen-bond donors (Lipinski definition) is 1. The number of imidazole rings is 1. The van der Waals surface area contributed by atoms with Gasteiger partial charge in [0.2, 0.25) is 0 Å². The highest BCUT2D eigenvalue weighted by atomic mass is 32.2. The van der Waals surface area contributed by atoms with E-state index in [2.05, 4.69) is 4.98 Å². The Balaban J connectivity index is 1.89. The van der Waals surface area contributed by atoms with Crippen molar-refractivity contribution < 1.29 is 17.8 Å². The fourth-order valence-electron chi connectivity index (χ4n) is 2.31. The highest BCUT2D eigenvalue weighted by Gasteiger charge is 2.33. The summed E-state index contributed by atoms with van der Waals surface area (Å²) in [5.41, 5.74) is 1.75. The molecule has 1 aliphatic rings. The molecule has 0 bridgehead atoms. The van der Waals surface area contributed by atoms with Gasteiger partial charge in [0.05, 0.1) is 21.7 Å². The third-order valence-electron chi connectivity index (χ3n) is 3.53. The van der Waals surface area contributed by atoms with Crippen molar-refractivity contribution in [2.24, 2.45) is 7.05 Å². The lowest BCUT2D eigenvalue weighted by Gasteiger charge is -2.12. The number of aryl methyl sites for hydroxylation is 1. The number of rotatable bonds is 4. The summed E-state index contributed by atoms with van der Waals surface area (Å²) < 4.78 is 32.7. The second kappa shape index (κ2) is 6.28. The summed E-state index contributed by atoms with van der Waals surface area (Å²) in [5.74, 6) is -0.342. The van der Waals surface area contributed by atoms with Gasteiger partial charge < -0.3 is 4.57 Å². The first-order valence-electron chi connectivity index (χ1n) is 6.88. The molecule has 2 aromatic rings. The first-order valence-corrected chi connectivity index (χ1v) is 9.71. The summed E-state index contributed by atoms with van der Waals surface area (Å²) in [6, 6.07) is 7.59. The molecule has 3 rings (SSSR count). The van der Waals surface area contributed by atoms with E-state index >= 15 is 0 Å². The Morgan fingerprint density at radius 2 is 2.08 bits per heavy atom. The second-order valence-corrected chi connectivity index (χ2v) is 8.38. The van der Waals surface area contributed by atoms with Crippen LogP contribution in [0, 0.1) is 0 Å². The van der Waals surface area contributed by atoms with E-state index in [0.29, 0.717) is 10.7 Å². The lowest BCUT2D eigenvalue weighted by atomic mass is 10.3. The number of thiocarbonyl (C=S) groups is 1. The number of carbonyl (C=O) groups is 1. The van der Waals surface area contributed by atoms with Crippen molar-refractivity contribution in [1.82, 2.24) is 14.5 Å². The molecular formula is C14H13N3O4S3. The van der Waals surface area contributed by atoms with Crippen molar-refractivity contribution in [1.29, 1.82) is 0 Å². The minimum atomic E-state index is -4.16. The first kappa shape index (κ1) is 17.1. The number of aromatic nitrogens is 2. The predicted molar refractivity (Wildman–Crippen MR) is 97.0 cm³/mol. The normalized spacial score (nSPS) is 17.4. The molecule has 7 nitrogen and oxygen atoms in total. The molecule has 2 heterocycles. The van der Waals surface area contributed by atoms with Gasteiger partial charge in [-0.1, -0.05) is 36.1 Å². The monoisotopic (exact) mass is 383 g/mol. The third-order valence-corrected chi connectivity index (χ3v) is 5.60. The van der Waals surface area contributed by atoms with Crippen molar-refractivity contribution in [2.75, 3.05) is 12.3 Å². The van der Waals surface area contributed by atoms with Gasteiger partial charge in [0.25, 0.3) is 16.0 Å². The zero-order valence-corrected chi connectivity index (χ0v) is 15.0. The molecule has 0 aliphatic carbocycles. The Morgan fingerprint density at radius 1 is 1.38 bits per heavy atom. The molecule has 24 heavy (non-hydrogen) atoms. The van der Waals surface area contributed by atoms with Crippen LogP contribution in [0.5, 0.6) is 0 Å². The third kappa shape index (κ3) is 3.36. The Hall–Kier alpha value is -1.75. The number of amides is 1. The summed E-state index contributed by atoms with van der Waals surface area (Å²) in [5, 5.41) is 0. The van der Waals surface area contributed by atoms with Crippen LogP contribution < -0.4 is 0 Å². The van der Waals surface area contributed by atoms with Crippen LogP contribution in [0.1, 0.15) is 5.82 Å². The van der Waals surface area contributed by atoms with E-state index in [1.807, 2.05) is 35.9 Å². The quantitative estimate of drug-likeness (QED) is 0.488. The summed E-state index contributed by atoms with van der Waals surface area (Å²) in [6.45, 7) is -0.177. The lowest BCUT2D eigenvalue weighted by molar-refractivity contribution is -0.121. The van der Waals surface area contributed by atoms with E-state index in [9.17, 15) is 13.2 Å². The van der Waals surface area contributed by atoms with Crippen molar-refractivity contribution >= 4 is 61.4 Å². The zero-order chi connectivity index (χ0) is 17.5. The molecule has 0 saturated carbocycles. The van der Waals surface area contributed by atoms with Gasteiger partial charge in [-0.3, -0.25) is 14.2 Å². The number of carbonyl (C=O) groups excluding carboxylic acids is 1. The van der Waals surface area contributed by atoms with Gasteiger partial charge in [-0.2, -0.15) is 8.42 Å². The van der Waals surface area contributed by atoms with Gasteiger partial charge in [0.15, 0.2) is 0 Å². The smallest absolute Gasteiger partial charge is 0.266 e. The van der Waals surface area contributed by atoms with Gasteiger partial charge in [-0.15, -0.1) is 0 Å². The van der Waals surface area contributed by atoms with Gasteiger partial charge in [-0.05, 0) is 12.1 Å². The van der Waals surface area contributed by atoms with E-state index in [1.54, 1.807) is 6.08 Å². The summed E-state index contributed by atoms with van der Waals surface area (Å²) in [4.78, 5) is 18.4. The SMILES string of the molecule is Cn1c(/C=C2/SC(=S)N(CCS(=O)(=O)O)C2=O)nc2ccccc21. The number of fused-ring (bicyclic) bond motifs is 1. The maximum atomic E-state index is 12.4. The number of para-hydroxylation sites is 2. The summed E-state index contributed by atoms with van der Waals surface area (Å²) in [7, 11) is -2.31. The topological polar surface area (TPSA) is 92.5 Å². The Morgan fingerprint density at radius 3 is 2.75 bits per heavy atom. The van der Waals surface area contributed by atoms with E-state index in [4.69, 9.17) is 16.8 Å². The fourth-order valence-corrected chi connectivity index (χ4v) is 4.00. The molecule has 126 valence electrons. The highest BCUT2D eigenvalue weighted by Crippen LogP contribution is 2.32. The molecule has 1 aliphatic heterocycles. The molecule has 10 heteroatoms. The number of hydrogen-bond acceptors (Lipinski definition) is 6. The van der Waals surface area contributed by atoms with Crippen LogP contribution in [0.3, 0.4) is 0 Å². The maximum absolute atomic E-state index is 12.4. The lowest BCUT2D eigenvalue weighted by Crippen LogP contribution is -2.32. The molecule has 1 aromatic heterocycles. The van der Waals surface area contributed by atoms with Crippen LogP contribution in [0.4, 0.5) is 0 Å². The van der Waals surface area contributed by atoms with Gasteiger partial charge >= 0.3 is 0 Å². The molecule has 0 unspecified atom stereocenters. The standard InChI is InChI=1S/C14H13N3O4S3/c1-16-10-5-3-2-4-9(10)15-12(16)8-11-13(18)17(14(22)23-11)6-7-24(19,20)21/h2-5,8H,6-7H2,1H3,(H,19,20,21)/b11-8+. The summed E-state index contributed by atoms with van der Waals surface area (Å²) >= 11 is 6.20. The fraction of sp³-hybridized carbons (Fsp3) is 0.214. The highest BCUT2D eigenvalue weighted by molar-refractivity contribution is 8.26. The van der Waals surface area contributed by atoms with Crippen molar-refractivity contribution in [3.05, 3.63) is 35.0 Å². The van der Waals surface area contributed by atoms with Gasteiger partial charge in [-0.25, -0.2) is 4.98 Å². The molecule has 1 N–H and O–H groups in total. The number of benzene rings is 1. The van der Waals surface area contributed by atoms with Crippen LogP contribution in [0.25, 0.3) is 17.1 Å². The Labute approximate surface area is 148 Å². The molecular weight excluding hydrogens is 370 g/mol. The zero-order valence-electron chi connectivity index (χ0n) is 12.5. The molecule has 0 spiro atoms. The average Bonchev–Trinajstić information content (AvgIpc) is 2.95. The van der Waals surface area contributed by atoms with Crippen LogP contribution in [0.2, 0.25) is 0 Å². The molecule has 1 saturated heterocycles. The van der Waals surface area contributed by atoms with E-state index in [-0.39, 0.29) is 16.8 Å². The second-order valence-electron chi connectivity index (χ2n) is 5.14. The molecule has 1 fully saturated rings. The molecule has 1 aromatic carbocycles. The first-order chi connectivity index (χ1) is 11.3. The van der Waals surface area contributed by atoms with Gasteiger partial charge in [0, 0.05) is 19.7 Å². The number of thioether (sulfide) groups is 1. The average molecular weight is 383 g/mol. The molecule has 0 atom stereocenters. The molecule has 0 radical (unpaired) electrons.